The topological polar surface area (TPSA) is 63.2 Å². The Kier molecular flexibility index (Phi) is 7.32. The smallest absolute Gasteiger partial charge is 0.323 e. The summed E-state index contributed by atoms with van der Waals surface area (Å²) in [5.74, 6) is 2.25. The molecule has 0 radical (unpaired) electrons. The largest absolute Gasteiger partial charge is 0.464 e. The van der Waals surface area contributed by atoms with Gasteiger partial charge in [0.25, 0.3) is 0 Å². The maximum Gasteiger partial charge on any atom is 0.323 e. The van der Waals surface area contributed by atoms with E-state index in [1.807, 2.05) is 18.9 Å². The Labute approximate surface area is 119 Å². The van der Waals surface area contributed by atoms with Gasteiger partial charge in [-0.05, 0) is 19.6 Å². The van der Waals surface area contributed by atoms with Crippen LogP contribution in [0.4, 0.5) is 11.9 Å². The molecule has 0 fully saturated rings. The normalized spacial score (nSPS) is 10.3. The zero-order chi connectivity index (χ0) is 14.1. The number of ether oxygens (including phenoxy) is 1. The minimum Gasteiger partial charge on any atom is -0.464 e. The zero-order valence-electron chi connectivity index (χ0n) is 12.1. The highest BCUT2D eigenvalue weighted by Gasteiger charge is 2.10. The highest BCUT2D eigenvalue weighted by Crippen LogP contribution is 2.14. The van der Waals surface area contributed by atoms with Crippen LogP contribution >= 0.6 is 11.8 Å². The molecule has 1 aromatic heterocycles. The number of anilines is 2. The maximum absolute atomic E-state index is 5.39. The number of hydrogen-bond acceptors (Lipinski definition) is 7. The summed E-state index contributed by atoms with van der Waals surface area (Å²) in [4.78, 5) is 15.0. The lowest BCUT2D eigenvalue weighted by Gasteiger charge is -2.17. The maximum atomic E-state index is 5.39. The van der Waals surface area contributed by atoms with E-state index in [4.69, 9.17) is 4.74 Å². The van der Waals surface area contributed by atoms with Crippen molar-refractivity contribution in [1.29, 1.82) is 0 Å². The van der Waals surface area contributed by atoms with Gasteiger partial charge >= 0.3 is 6.01 Å². The molecule has 108 valence electrons. The molecule has 0 unspecified atom stereocenters. The van der Waals surface area contributed by atoms with Crippen molar-refractivity contribution in [2.75, 3.05) is 49.0 Å². The van der Waals surface area contributed by atoms with Crippen molar-refractivity contribution in [3.8, 4) is 6.01 Å². The first kappa shape index (κ1) is 15.8. The van der Waals surface area contributed by atoms with Gasteiger partial charge in [-0.1, -0.05) is 6.92 Å². The van der Waals surface area contributed by atoms with Crippen LogP contribution in [0.25, 0.3) is 0 Å². The Balaban J connectivity index is 2.84. The summed E-state index contributed by atoms with van der Waals surface area (Å²) in [7, 11) is 1.98. The number of nitrogens with zero attached hydrogens (tertiary/aromatic N) is 4. The second kappa shape index (κ2) is 8.79. The molecule has 0 atom stereocenters. The van der Waals surface area contributed by atoms with Gasteiger partial charge < -0.3 is 15.0 Å². The van der Waals surface area contributed by atoms with Crippen LogP contribution < -0.4 is 15.0 Å². The van der Waals surface area contributed by atoms with E-state index < -0.39 is 0 Å². The third kappa shape index (κ3) is 5.50. The molecule has 0 saturated carbocycles. The number of nitrogens with one attached hydrogen (secondary N) is 1. The number of aromatic nitrogens is 3. The highest BCUT2D eigenvalue weighted by molar-refractivity contribution is 7.98. The molecule has 0 bridgehead atoms. The second-order valence-electron chi connectivity index (χ2n) is 4.02. The Morgan fingerprint density at radius 2 is 2.05 bits per heavy atom. The van der Waals surface area contributed by atoms with Gasteiger partial charge in [0.15, 0.2) is 0 Å². The standard InChI is InChI=1S/C12H23N5OS/c1-5-7-13-10-14-11(17(3)8-9-19-4)16-12(15-10)18-6-2/h5-9H2,1-4H3,(H,13,14,15,16). The third-order valence-corrected chi connectivity index (χ3v) is 2.97. The van der Waals surface area contributed by atoms with Crippen LogP contribution in [0.3, 0.4) is 0 Å². The van der Waals surface area contributed by atoms with E-state index in [1.54, 1.807) is 11.8 Å². The number of thioether (sulfide) groups is 1. The summed E-state index contributed by atoms with van der Waals surface area (Å²) in [6.07, 6.45) is 3.11. The highest BCUT2D eigenvalue weighted by atomic mass is 32.2. The van der Waals surface area contributed by atoms with Crippen LogP contribution in [0.1, 0.15) is 20.3 Å². The summed E-state index contributed by atoms with van der Waals surface area (Å²) in [6.45, 7) is 6.29. The van der Waals surface area contributed by atoms with Crippen LogP contribution in [-0.4, -0.2) is 53.7 Å². The fraction of sp³-hybridized carbons (Fsp3) is 0.750. The van der Waals surface area contributed by atoms with E-state index in [2.05, 4.69) is 33.4 Å². The Morgan fingerprint density at radius 1 is 1.26 bits per heavy atom. The Bertz CT molecular complexity index is 377. The molecule has 1 N–H and O–H groups in total. The molecule has 7 heteroatoms. The van der Waals surface area contributed by atoms with Crippen molar-refractivity contribution >= 4 is 23.7 Å². The molecule has 0 aliphatic rings. The number of hydrogen-bond donors (Lipinski definition) is 1. The van der Waals surface area contributed by atoms with Crippen molar-refractivity contribution in [3.63, 3.8) is 0 Å². The van der Waals surface area contributed by atoms with E-state index in [-0.39, 0.29) is 0 Å². The van der Waals surface area contributed by atoms with Crippen molar-refractivity contribution in [2.24, 2.45) is 0 Å². The molecule has 6 nitrogen and oxygen atoms in total. The molecule has 1 aromatic rings. The molecular formula is C12H23N5OS. The first-order valence-electron chi connectivity index (χ1n) is 6.54. The van der Waals surface area contributed by atoms with Crippen LogP contribution in [0.15, 0.2) is 0 Å². The average Bonchev–Trinajstić information content (AvgIpc) is 2.42. The van der Waals surface area contributed by atoms with Gasteiger partial charge in [0, 0.05) is 25.9 Å². The van der Waals surface area contributed by atoms with E-state index >= 15 is 0 Å². The SMILES string of the molecule is CCCNc1nc(OCC)nc(N(C)CCSC)n1. The van der Waals surface area contributed by atoms with Crippen molar-refractivity contribution in [1.82, 2.24) is 15.0 Å². The first-order chi connectivity index (χ1) is 9.21. The molecule has 19 heavy (non-hydrogen) atoms. The monoisotopic (exact) mass is 285 g/mol. The van der Waals surface area contributed by atoms with E-state index in [9.17, 15) is 0 Å². The Hall–Kier alpha value is -1.24. The fourth-order valence-corrected chi connectivity index (χ4v) is 1.81. The second-order valence-corrected chi connectivity index (χ2v) is 5.00. The van der Waals surface area contributed by atoms with E-state index in [0.29, 0.717) is 24.5 Å². The van der Waals surface area contributed by atoms with Gasteiger partial charge in [-0.15, -0.1) is 0 Å². The third-order valence-electron chi connectivity index (χ3n) is 2.38. The minimum atomic E-state index is 0.377. The van der Waals surface area contributed by atoms with Crippen molar-refractivity contribution in [3.05, 3.63) is 0 Å². The molecule has 0 aliphatic carbocycles. The van der Waals surface area contributed by atoms with Crippen molar-refractivity contribution in [2.45, 2.75) is 20.3 Å². The van der Waals surface area contributed by atoms with Gasteiger partial charge in [-0.3, -0.25) is 0 Å². The molecule has 0 spiro atoms. The lowest BCUT2D eigenvalue weighted by atomic mass is 10.5. The van der Waals surface area contributed by atoms with Crippen LogP contribution in [0.2, 0.25) is 0 Å². The molecule has 1 rings (SSSR count). The van der Waals surface area contributed by atoms with Gasteiger partial charge in [0.1, 0.15) is 0 Å². The van der Waals surface area contributed by atoms with E-state index in [0.717, 1.165) is 25.3 Å². The first-order valence-corrected chi connectivity index (χ1v) is 7.93. The van der Waals surface area contributed by atoms with Crippen LogP contribution in [0, 0.1) is 0 Å². The van der Waals surface area contributed by atoms with Crippen LogP contribution in [0.5, 0.6) is 6.01 Å². The number of rotatable bonds is 9. The summed E-state index contributed by atoms with van der Waals surface area (Å²) < 4.78 is 5.39. The van der Waals surface area contributed by atoms with Gasteiger partial charge in [-0.2, -0.15) is 26.7 Å². The zero-order valence-corrected chi connectivity index (χ0v) is 13.0. The average molecular weight is 285 g/mol. The van der Waals surface area contributed by atoms with Crippen molar-refractivity contribution < 1.29 is 4.74 Å². The summed E-state index contributed by atoms with van der Waals surface area (Å²) in [5.41, 5.74) is 0. The predicted molar refractivity (Wildman–Crippen MR) is 81.4 cm³/mol. The van der Waals surface area contributed by atoms with Gasteiger partial charge in [0.05, 0.1) is 6.61 Å². The molecular weight excluding hydrogens is 262 g/mol. The van der Waals surface area contributed by atoms with Gasteiger partial charge in [0.2, 0.25) is 11.9 Å². The molecule has 0 aromatic carbocycles. The predicted octanol–water partition coefficient (Wildman–Crippen LogP) is 1.89. The summed E-state index contributed by atoms with van der Waals surface area (Å²) in [5, 5.41) is 3.17. The summed E-state index contributed by atoms with van der Waals surface area (Å²) in [6, 6.07) is 0.377. The summed E-state index contributed by atoms with van der Waals surface area (Å²) >= 11 is 1.80. The molecule has 1 heterocycles. The lowest BCUT2D eigenvalue weighted by molar-refractivity contribution is 0.312. The van der Waals surface area contributed by atoms with E-state index in [1.165, 1.54) is 0 Å². The molecule has 0 saturated heterocycles. The fourth-order valence-electron chi connectivity index (χ4n) is 1.35. The molecule has 0 amide bonds. The quantitative estimate of drug-likeness (QED) is 0.743. The minimum absolute atomic E-state index is 0.377. The lowest BCUT2D eigenvalue weighted by Crippen LogP contribution is -2.23. The van der Waals surface area contributed by atoms with Crippen LogP contribution in [-0.2, 0) is 0 Å². The Morgan fingerprint density at radius 3 is 2.68 bits per heavy atom. The molecule has 0 aliphatic heterocycles. The van der Waals surface area contributed by atoms with Gasteiger partial charge in [-0.25, -0.2) is 0 Å².